The molecule has 3 heterocycles. The van der Waals surface area contributed by atoms with E-state index in [0.29, 0.717) is 24.5 Å². The number of aromatic nitrogens is 2. The predicted octanol–water partition coefficient (Wildman–Crippen LogP) is 1.86. The van der Waals surface area contributed by atoms with Gasteiger partial charge in [0.2, 0.25) is 5.88 Å². The molecule has 6 nitrogen and oxygen atoms in total. The van der Waals surface area contributed by atoms with E-state index < -0.39 is 5.66 Å². The minimum atomic E-state index is -0.697. The van der Waals surface area contributed by atoms with E-state index in [0.717, 1.165) is 16.8 Å². The molecule has 5 N–H and O–H groups in total. The first kappa shape index (κ1) is 16.0. The summed E-state index contributed by atoms with van der Waals surface area (Å²) in [5.74, 6) is 1.09. The Hall–Kier alpha value is -2.86. The number of hydrogen-bond donors (Lipinski definition) is 3. The molecule has 1 aliphatic heterocycles. The molecule has 3 rings (SSSR count). The van der Waals surface area contributed by atoms with Crippen molar-refractivity contribution in [3.63, 3.8) is 0 Å². The fourth-order valence-corrected chi connectivity index (χ4v) is 2.73. The van der Waals surface area contributed by atoms with Gasteiger partial charge in [0.1, 0.15) is 11.5 Å². The molecule has 0 spiro atoms. The van der Waals surface area contributed by atoms with E-state index in [1.807, 2.05) is 42.6 Å². The van der Waals surface area contributed by atoms with Gasteiger partial charge in [-0.1, -0.05) is 12.1 Å². The molecule has 0 aliphatic carbocycles. The number of nitrogen functional groups attached to an aromatic ring is 1. The van der Waals surface area contributed by atoms with E-state index in [9.17, 15) is 0 Å². The maximum Gasteiger partial charge on any atom is 0.213 e. The Morgan fingerprint density at radius 3 is 2.88 bits per heavy atom. The number of methoxy groups -OCH3 is 1. The average Bonchev–Trinajstić information content (AvgIpc) is 2.62. The van der Waals surface area contributed by atoms with Crippen LogP contribution in [0.1, 0.15) is 17.7 Å². The van der Waals surface area contributed by atoms with E-state index in [4.69, 9.17) is 16.2 Å². The highest BCUT2D eigenvalue weighted by atomic mass is 16.5. The van der Waals surface area contributed by atoms with Crippen LogP contribution in [0.15, 0.2) is 54.9 Å². The van der Waals surface area contributed by atoms with Crippen LogP contribution in [0.25, 0.3) is 5.57 Å². The van der Waals surface area contributed by atoms with Crippen molar-refractivity contribution >= 4 is 11.4 Å². The van der Waals surface area contributed by atoms with Gasteiger partial charge in [0.25, 0.3) is 0 Å². The zero-order valence-electron chi connectivity index (χ0n) is 13.6. The minimum absolute atomic E-state index is 0.488. The molecule has 0 saturated carbocycles. The second-order valence-electron chi connectivity index (χ2n) is 5.70. The van der Waals surface area contributed by atoms with Crippen LogP contribution in [-0.2, 0) is 6.42 Å². The number of allylic oxidation sites excluding steroid dienone is 2. The molecule has 1 unspecified atom stereocenters. The van der Waals surface area contributed by atoms with Gasteiger partial charge in [0.15, 0.2) is 0 Å². The molecular formula is C18H21N5O. The number of anilines is 1. The zero-order valence-corrected chi connectivity index (χ0v) is 13.6. The van der Waals surface area contributed by atoms with Gasteiger partial charge in [0.05, 0.1) is 7.11 Å². The van der Waals surface area contributed by atoms with Crippen LogP contribution in [0.2, 0.25) is 0 Å². The molecule has 1 atom stereocenters. The smallest absolute Gasteiger partial charge is 0.213 e. The third-order valence-electron chi connectivity index (χ3n) is 4.04. The molecular weight excluding hydrogens is 302 g/mol. The molecule has 0 aromatic carbocycles. The lowest BCUT2D eigenvalue weighted by Crippen LogP contribution is -2.53. The van der Waals surface area contributed by atoms with Crippen molar-refractivity contribution in [3.8, 4) is 5.88 Å². The fraction of sp³-hybridized carbons (Fsp3) is 0.222. The summed E-state index contributed by atoms with van der Waals surface area (Å²) in [6.45, 7) is 0. The van der Waals surface area contributed by atoms with Crippen molar-refractivity contribution in [2.45, 2.75) is 18.5 Å². The Bertz CT molecular complexity index is 769. The zero-order chi connectivity index (χ0) is 17.0. The van der Waals surface area contributed by atoms with Crippen molar-refractivity contribution in [3.05, 3.63) is 66.1 Å². The maximum atomic E-state index is 6.64. The Labute approximate surface area is 141 Å². The Kier molecular flexibility index (Phi) is 4.48. The quantitative estimate of drug-likeness (QED) is 0.777. The van der Waals surface area contributed by atoms with Crippen molar-refractivity contribution < 1.29 is 4.74 Å². The highest BCUT2D eigenvalue weighted by Crippen LogP contribution is 2.29. The van der Waals surface area contributed by atoms with Gasteiger partial charge in [-0.25, -0.2) is 9.97 Å². The van der Waals surface area contributed by atoms with E-state index in [2.05, 4.69) is 15.3 Å². The summed E-state index contributed by atoms with van der Waals surface area (Å²) in [4.78, 5) is 8.61. The minimum Gasteiger partial charge on any atom is -0.481 e. The second kappa shape index (κ2) is 6.72. The molecule has 24 heavy (non-hydrogen) atoms. The normalized spacial score (nSPS) is 19.5. The lowest BCUT2D eigenvalue weighted by atomic mass is 9.87. The van der Waals surface area contributed by atoms with Crippen LogP contribution >= 0.6 is 0 Å². The predicted molar refractivity (Wildman–Crippen MR) is 94.9 cm³/mol. The second-order valence-corrected chi connectivity index (χ2v) is 5.70. The summed E-state index contributed by atoms with van der Waals surface area (Å²) in [5, 5.41) is 3.27. The number of pyridine rings is 2. The van der Waals surface area contributed by atoms with Crippen LogP contribution in [-0.4, -0.2) is 22.7 Å². The van der Waals surface area contributed by atoms with Gasteiger partial charge < -0.3 is 21.5 Å². The van der Waals surface area contributed by atoms with E-state index in [1.165, 1.54) is 0 Å². The van der Waals surface area contributed by atoms with E-state index >= 15 is 0 Å². The van der Waals surface area contributed by atoms with Gasteiger partial charge in [-0.05, 0) is 48.9 Å². The van der Waals surface area contributed by atoms with Crippen molar-refractivity contribution in [1.82, 2.24) is 15.3 Å². The Morgan fingerprint density at radius 2 is 2.12 bits per heavy atom. The maximum absolute atomic E-state index is 6.64. The van der Waals surface area contributed by atoms with Crippen molar-refractivity contribution in [2.75, 3.05) is 12.8 Å². The first-order valence-electron chi connectivity index (χ1n) is 7.76. The molecule has 0 saturated heterocycles. The van der Waals surface area contributed by atoms with E-state index in [-0.39, 0.29) is 0 Å². The van der Waals surface area contributed by atoms with E-state index in [1.54, 1.807) is 19.4 Å². The van der Waals surface area contributed by atoms with Gasteiger partial charge >= 0.3 is 0 Å². The molecule has 6 heteroatoms. The topological polar surface area (TPSA) is 99.1 Å². The summed E-state index contributed by atoms with van der Waals surface area (Å²) in [5.41, 5.74) is 14.5. The van der Waals surface area contributed by atoms with Crippen LogP contribution < -0.4 is 21.5 Å². The number of hydrogen-bond acceptors (Lipinski definition) is 6. The molecule has 0 radical (unpaired) electrons. The molecule has 1 aliphatic rings. The summed E-state index contributed by atoms with van der Waals surface area (Å²) in [6.07, 6.45) is 8.92. The number of aryl methyl sites for hydroxylation is 1. The van der Waals surface area contributed by atoms with Gasteiger partial charge in [-0.2, -0.15) is 0 Å². The highest BCUT2D eigenvalue weighted by Gasteiger charge is 2.30. The first-order chi connectivity index (χ1) is 11.6. The molecule has 0 amide bonds. The molecule has 0 bridgehead atoms. The molecule has 124 valence electrons. The van der Waals surface area contributed by atoms with Gasteiger partial charge in [-0.15, -0.1) is 0 Å². The molecule has 2 aromatic heterocycles. The third kappa shape index (κ3) is 3.38. The standard InChI is InChI=1S/C18H21N5O/c1-24-17-6-2-4-14(23-17)9-10-18(20)15(5-3-11-22-18)13-7-8-16(19)21-12-13/h2-8,11-12,22H,9-10,20H2,1H3,(H2,19,21). The van der Waals surface area contributed by atoms with Crippen LogP contribution in [0.5, 0.6) is 5.88 Å². The summed E-state index contributed by atoms with van der Waals surface area (Å²) in [6, 6.07) is 9.44. The Morgan fingerprint density at radius 1 is 1.25 bits per heavy atom. The number of nitrogens with two attached hydrogens (primary N) is 2. The number of rotatable bonds is 5. The SMILES string of the molecule is COc1cccc(CCC2(N)NC=CC=C2c2ccc(N)nc2)n1. The van der Waals surface area contributed by atoms with Gasteiger partial charge in [0, 0.05) is 23.5 Å². The summed E-state index contributed by atoms with van der Waals surface area (Å²) < 4.78 is 5.17. The molecule has 2 aromatic rings. The Balaban J connectivity index is 1.80. The van der Waals surface area contributed by atoms with Crippen molar-refractivity contribution in [1.29, 1.82) is 0 Å². The monoisotopic (exact) mass is 323 g/mol. The number of nitrogens with one attached hydrogen (secondary N) is 1. The molecule has 0 fully saturated rings. The number of ether oxygens (including phenoxy) is 1. The highest BCUT2D eigenvalue weighted by molar-refractivity contribution is 5.75. The first-order valence-corrected chi connectivity index (χ1v) is 7.76. The van der Waals surface area contributed by atoms with Crippen molar-refractivity contribution in [2.24, 2.45) is 5.73 Å². The summed E-state index contributed by atoms with van der Waals surface area (Å²) in [7, 11) is 1.61. The third-order valence-corrected chi connectivity index (χ3v) is 4.04. The average molecular weight is 323 g/mol. The van der Waals surface area contributed by atoms with Gasteiger partial charge in [-0.3, -0.25) is 0 Å². The van der Waals surface area contributed by atoms with Crippen LogP contribution in [0.3, 0.4) is 0 Å². The lowest BCUT2D eigenvalue weighted by Gasteiger charge is -2.35. The number of dihydropyridines is 1. The largest absolute Gasteiger partial charge is 0.481 e. The summed E-state index contributed by atoms with van der Waals surface area (Å²) >= 11 is 0. The number of nitrogens with zero attached hydrogens (tertiary/aromatic N) is 2. The van der Waals surface area contributed by atoms with Crippen LogP contribution in [0.4, 0.5) is 5.82 Å². The lowest BCUT2D eigenvalue weighted by molar-refractivity contribution is 0.394. The van der Waals surface area contributed by atoms with Crippen LogP contribution in [0, 0.1) is 0 Å². The fourth-order valence-electron chi connectivity index (χ4n) is 2.73.